The molecule has 1 fully saturated rings. The van der Waals surface area contributed by atoms with Crippen molar-refractivity contribution >= 4 is 5.91 Å². The first-order chi connectivity index (χ1) is 11.5. The van der Waals surface area contributed by atoms with Crippen LogP contribution in [0.2, 0.25) is 0 Å². The fourth-order valence-electron chi connectivity index (χ4n) is 2.92. The van der Waals surface area contributed by atoms with Gasteiger partial charge >= 0.3 is 6.01 Å². The van der Waals surface area contributed by atoms with Crippen LogP contribution in [0.15, 0.2) is 30.3 Å². The molecule has 6 heteroatoms. The zero-order valence-electron chi connectivity index (χ0n) is 13.8. The predicted octanol–water partition coefficient (Wildman–Crippen LogP) is 2.92. The highest BCUT2D eigenvalue weighted by Crippen LogP contribution is 2.18. The number of likely N-dealkylation sites (tertiary alicyclic amines) is 1. The van der Waals surface area contributed by atoms with Crippen LogP contribution in [0.25, 0.3) is 0 Å². The van der Waals surface area contributed by atoms with Crippen LogP contribution < -0.4 is 4.74 Å². The van der Waals surface area contributed by atoms with Gasteiger partial charge in [0.05, 0.1) is 6.54 Å². The summed E-state index contributed by atoms with van der Waals surface area (Å²) in [6.45, 7) is 4.87. The summed E-state index contributed by atoms with van der Waals surface area (Å²) in [5, 5.41) is 0. The van der Waals surface area contributed by atoms with Crippen molar-refractivity contribution in [3.05, 3.63) is 53.1 Å². The molecule has 0 aliphatic carbocycles. The van der Waals surface area contributed by atoms with Crippen molar-refractivity contribution in [3.63, 3.8) is 0 Å². The molecule has 5 nitrogen and oxygen atoms in total. The van der Waals surface area contributed by atoms with Gasteiger partial charge in [0.15, 0.2) is 0 Å². The number of carbonyl (C=O) groups is 1. The van der Waals surface area contributed by atoms with Crippen molar-refractivity contribution in [3.8, 4) is 6.01 Å². The number of carbonyl (C=O) groups excluding carboxylic acids is 1. The Balaban J connectivity index is 1.69. The summed E-state index contributed by atoms with van der Waals surface area (Å²) in [4.78, 5) is 22.8. The van der Waals surface area contributed by atoms with E-state index >= 15 is 0 Å². The van der Waals surface area contributed by atoms with E-state index in [-0.39, 0.29) is 12.0 Å². The maximum absolute atomic E-state index is 13.3. The van der Waals surface area contributed by atoms with Gasteiger partial charge in [0.2, 0.25) is 0 Å². The Morgan fingerprint density at radius 2 is 2.00 bits per heavy atom. The second kappa shape index (κ2) is 6.95. The van der Waals surface area contributed by atoms with Gasteiger partial charge in [0.25, 0.3) is 5.91 Å². The fraction of sp³-hybridized carbons (Fsp3) is 0.389. The molecule has 1 aromatic heterocycles. The monoisotopic (exact) mass is 329 g/mol. The molecule has 1 aromatic carbocycles. The number of nitrogens with zero attached hydrogens (tertiary/aromatic N) is 3. The van der Waals surface area contributed by atoms with Gasteiger partial charge in [-0.15, -0.1) is 0 Å². The lowest BCUT2D eigenvalue weighted by atomic mass is 10.1. The molecular formula is C18H20FN3O2. The summed E-state index contributed by atoms with van der Waals surface area (Å²) in [6, 6.07) is 7.99. The topological polar surface area (TPSA) is 55.3 Å². The number of benzene rings is 1. The molecule has 1 aliphatic heterocycles. The summed E-state index contributed by atoms with van der Waals surface area (Å²) >= 11 is 0. The molecule has 0 spiro atoms. The van der Waals surface area contributed by atoms with E-state index < -0.39 is 5.82 Å². The third kappa shape index (κ3) is 3.88. The van der Waals surface area contributed by atoms with E-state index in [9.17, 15) is 9.18 Å². The molecule has 0 unspecified atom stereocenters. The molecule has 24 heavy (non-hydrogen) atoms. The van der Waals surface area contributed by atoms with Crippen molar-refractivity contribution in [1.82, 2.24) is 14.9 Å². The fourth-order valence-corrected chi connectivity index (χ4v) is 2.92. The molecule has 1 amide bonds. The number of halogens is 1. The van der Waals surface area contributed by atoms with Crippen LogP contribution in [-0.4, -0.2) is 40.0 Å². The normalized spacial score (nSPS) is 17.6. The lowest BCUT2D eigenvalue weighted by Gasteiger charge is -2.32. The van der Waals surface area contributed by atoms with Crippen LogP contribution in [0.3, 0.4) is 0 Å². The molecule has 0 radical (unpaired) electrons. The quantitative estimate of drug-likeness (QED) is 0.869. The second-order valence-corrected chi connectivity index (χ2v) is 6.08. The zero-order chi connectivity index (χ0) is 17.1. The Kier molecular flexibility index (Phi) is 4.74. The van der Waals surface area contributed by atoms with Gasteiger partial charge in [-0.05, 0) is 51.0 Å². The minimum Gasteiger partial charge on any atom is -0.458 e. The number of aromatic nitrogens is 2. The average Bonchev–Trinajstić information content (AvgIpc) is 2.53. The van der Waals surface area contributed by atoms with Crippen molar-refractivity contribution in [2.45, 2.75) is 32.8 Å². The smallest absolute Gasteiger partial charge is 0.317 e. The number of amides is 1. The van der Waals surface area contributed by atoms with E-state index in [2.05, 4.69) is 9.97 Å². The van der Waals surface area contributed by atoms with Gasteiger partial charge in [-0.1, -0.05) is 6.07 Å². The van der Waals surface area contributed by atoms with E-state index in [1.54, 1.807) is 17.0 Å². The number of piperidine rings is 1. The summed E-state index contributed by atoms with van der Waals surface area (Å²) in [5.74, 6) is -0.585. The molecule has 2 heterocycles. The Morgan fingerprint density at radius 1 is 1.25 bits per heavy atom. The Hall–Kier alpha value is -2.50. The average molecular weight is 329 g/mol. The maximum atomic E-state index is 13.3. The largest absolute Gasteiger partial charge is 0.458 e. The van der Waals surface area contributed by atoms with E-state index in [1.807, 2.05) is 19.9 Å². The first kappa shape index (κ1) is 16.4. The van der Waals surface area contributed by atoms with Gasteiger partial charge in [-0.25, -0.2) is 14.4 Å². The van der Waals surface area contributed by atoms with Crippen LogP contribution in [-0.2, 0) is 0 Å². The SMILES string of the molecule is Cc1cc(C)nc(O[C@@H]2CCCN(C(=O)c3cccc(F)c3)C2)n1. The summed E-state index contributed by atoms with van der Waals surface area (Å²) in [7, 11) is 0. The first-order valence-corrected chi connectivity index (χ1v) is 8.05. The number of aryl methyl sites for hydroxylation is 2. The van der Waals surface area contributed by atoms with Gasteiger partial charge in [0, 0.05) is 23.5 Å². The van der Waals surface area contributed by atoms with E-state index in [1.165, 1.54) is 12.1 Å². The van der Waals surface area contributed by atoms with E-state index in [4.69, 9.17) is 4.74 Å². The van der Waals surface area contributed by atoms with Gasteiger partial charge in [0.1, 0.15) is 11.9 Å². The molecule has 0 N–H and O–H groups in total. The highest BCUT2D eigenvalue weighted by atomic mass is 19.1. The molecule has 1 saturated heterocycles. The summed E-state index contributed by atoms with van der Waals surface area (Å²) < 4.78 is 19.2. The third-order valence-corrected chi connectivity index (χ3v) is 3.97. The zero-order valence-corrected chi connectivity index (χ0v) is 13.8. The van der Waals surface area contributed by atoms with Gasteiger partial charge < -0.3 is 9.64 Å². The number of hydrogen-bond donors (Lipinski definition) is 0. The van der Waals surface area contributed by atoms with Crippen LogP contribution in [0, 0.1) is 19.7 Å². The van der Waals surface area contributed by atoms with Gasteiger partial charge in [-0.2, -0.15) is 0 Å². The lowest BCUT2D eigenvalue weighted by molar-refractivity contribution is 0.0514. The summed E-state index contributed by atoms with van der Waals surface area (Å²) in [6.07, 6.45) is 1.51. The molecule has 3 rings (SSSR count). The highest BCUT2D eigenvalue weighted by Gasteiger charge is 2.26. The highest BCUT2D eigenvalue weighted by molar-refractivity contribution is 5.94. The molecule has 1 atom stereocenters. The minimum absolute atomic E-state index is 0.155. The molecule has 0 saturated carbocycles. The van der Waals surface area contributed by atoms with Crippen LogP contribution in [0.5, 0.6) is 6.01 Å². The first-order valence-electron chi connectivity index (χ1n) is 8.05. The second-order valence-electron chi connectivity index (χ2n) is 6.08. The van der Waals surface area contributed by atoms with Gasteiger partial charge in [-0.3, -0.25) is 4.79 Å². The molecular weight excluding hydrogens is 309 g/mol. The minimum atomic E-state index is -0.408. The van der Waals surface area contributed by atoms with E-state index in [0.29, 0.717) is 24.7 Å². The number of hydrogen-bond acceptors (Lipinski definition) is 4. The maximum Gasteiger partial charge on any atom is 0.317 e. The number of ether oxygens (including phenoxy) is 1. The molecule has 0 bridgehead atoms. The molecule has 126 valence electrons. The Morgan fingerprint density at radius 3 is 2.71 bits per heavy atom. The van der Waals surface area contributed by atoms with Crippen molar-refractivity contribution < 1.29 is 13.9 Å². The predicted molar refractivity (Wildman–Crippen MR) is 87.5 cm³/mol. The number of rotatable bonds is 3. The van der Waals surface area contributed by atoms with Crippen molar-refractivity contribution in [2.75, 3.05) is 13.1 Å². The Bertz CT molecular complexity index is 731. The van der Waals surface area contributed by atoms with E-state index in [0.717, 1.165) is 24.2 Å². The molecule has 1 aliphatic rings. The lowest BCUT2D eigenvalue weighted by Crippen LogP contribution is -2.44. The van der Waals surface area contributed by atoms with Crippen molar-refractivity contribution in [2.24, 2.45) is 0 Å². The molecule has 2 aromatic rings. The van der Waals surface area contributed by atoms with Crippen LogP contribution in [0.4, 0.5) is 4.39 Å². The standard InChI is InChI=1S/C18H20FN3O2/c1-12-9-13(2)21-18(20-12)24-16-7-4-8-22(11-16)17(23)14-5-3-6-15(19)10-14/h3,5-6,9-10,16H,4,7-8,11H2,1-2H3/t16-/m1/s1. The van der Waals surface area contributed by atoms with Crippen LogP contribution >= 0.6 is 0 Å². The summed E-state index contributed by atoms with van der Waals surface area (Å²) in [5.41, 5.74) is 2.06. The van der Waals surface area contributed by atoms with Crippen molar-refractivity contribution in [1.29, 1.82) is 0 Å². The third-order valence-electron chi connectivity index (χ3n) is 3.97. The Labute approximate surface area is 140 Å². The van der Waals surface area contributed by atoms with Crippen LogP contribution in [0.1, 0.15) is 34.6 Å².